The standard InChI is InChI=1S/C33H55N3O7/c1-7-9-10-11-12-13-14-15-23(4)28(43-33(42)30(34-6)22(3)8-2)21-29(38)36-27(31(39)35-24(5)32(40)41)20-25-16-18-26(37)19-17-25/h16-19,22-24,27-28,30,34,37H,7-15,20-21H2,1-6H3,(H,35,39)(H,36,38)(H,40,41)/t22-,23-,24-,27-,28-,30+/m0/s1. The van der Waals surface area contributed by atoms with Crippen LogP contribution >= 0.6 is 0 Å². The molecule has 43 heavy (non-hydrogen) atoms. The van der Waals surface area contributed by atoms with Gasteiger partial charge in [-0.25, -0.2) is 0 Å². The van der Waals surface area contributed by atoms with Gasteiger partial charge in [-0.2, -0.15) is 0 Å². The molecule has 0 aliphatic rings. The number of phenolic OH excluding ortho intramolecular Hbond substituents is 1. The number of phenols is 1. The predicted octanol–water partition coefficient (Wildman–Crippen LogP) is 4.72. The molecule has 0 spiro atoms. The Labute approximate surface area is 257 Å². The first-order chi connectivity index (χ1) is 20.4. The highest BCUT2D eigenvalue weighted by Crippen LogP contribution is 2.22. The smallest absolute Gasteiger partial charge is 0.325 e. The van der Waals surface area contributed by atoms with Crippen molar-refractivity contribution in [3.8, 4) is 5.75 Å². The molecule has 0 unspecified atom stereocenters. The van der Waals surface area contributed by atoms with Crippen LogP contribution in [0.15, 0.2) is 24.3 Å². The summed E-state index contributed by atoms with van der Waals surface area (Å²) in [5.41, 5.74) is 0.668. The van der Waals surface area contributed by atoms with Crippen LogP contribution in [-0.4, -0.2) is 65.2 Å². The van der Waals surface area contributed by atoms with Gasteiger partial charge in [-0.3, -0.25) is 19.2 Å². The van der Waals surface area contributed by atoms with Crippen molar-refractivity contribution in [2.45, 2.75) is 129 Å². The van der Waals surface area contributed by atoms with Crippen LogP contribution in [0, 0.1) is 11.8 Å². The molecule has 1 rings (SSSR count). The van der Waals surface area contributed by atoms with Gasteiger partial charge in [-0.1, -0.05) is 91.2 Å². The Morgan fingerprint density at radius 3 is 2.02 bits per heavy atom. The lowest BCUT2D eigenvalue weighted by Gasteiger charge is -2.28. The van der Waals surface area contributed by atoms with Crippen molar-refractivity contribution in [2.75, 3.05) is 7.05 Å². The lowest BCUT2D eigenvalue weighted by molar-refractivity contribution is -0.157. The van der Waals surface area contributed by atoms with Gasteiger partial charge in [0.2, 0.25) is 11.8 Å². The zero-order chi connectivity index (χ0) is 32.4. The summed E-state index contributed by atoms with van der Waals surface area (Å²) < 4.78 is 5.97. The van der Waals surface area contributed by atoms with E-state index in [0.717, 1.165) is 32.1 Å². The summed E-state index contributed by atoms with van der Waals surface area (Å²) in [4.78, 5) is 50.9. The molecule has 5 N–H and O–H groups in total. The number of nitrogens with one attached hydrogen (secondary N) is 3. The monoisotopic (exact) mass is 605 g/mol. The van der Waals surface area contributed by atoms with Crippen LogP contribution < -0.4 is 16.0 Å². The number of esters is 1. The Morgan fingerprint density at radius 1 is 0.860 bits per heavy atom. The summed E-state index contributed by atoms with van der Waals surface area (Å²) in [6.45, 7) is 9.49. The van der Waals surface area contributed by atoms with Gasteiger partial charge in [-0.05, 0) is 49.9 Å². The quantitative estimate of drug-likeness (QED) is 0.0940. The number of carbonyl (C=O) groups excluding carboxylic acids is 3. The van der Waals surface area contributed by atoms with Gasteiger partial charge >= 0.3 is 11.9 Å². The summed E-state index contributed by atoms with van der Waals surface area (Å²) in [7, 11) is 1.71. The second-order valence-corrected chi connectivity index (χ2v) is 11.8. The van der Waals surface area contributed by atoms with Crippen molar-refractivity contribution in [1.29, 1.82) is 0 Å². The van der Waals surface area contributed by atoms with Gasteiger partial charge in [0.05, 0.1) is 6.42 Å². The first-order valence-corrected chi connectivity index (χ1v) is 15.9. The van der Waals surface area contributed by atoms with Crippen molar-refractivity contribution in [2.24, 2.45) is 11.8 Å². The lowest BCUT2D eigenvalue weighted by atomic mass is 9.93. The molecule has 0 saturated carbocycles. The zero-order valence-electron chi connectivity index (χ0n) is 27.0. The number of hydrogen-bond donors (Lipinski definition) is 5. The number of amides is 2. The Bertz CT molecular complexity index is 985. The second-order valence-electron chi connectivity index (χ2n) is 11.8. The summed E-state index contributed by atoms with van der Waals surface area (Å²) in [5.74, 6) is -2.71. The van der Waals surface area contributed by atoms with E-state index in [0.29, 0.717) is 5.56 Å². The third kappa shape index (κ3) is 14.7. The van der Waals surface area contributed by atoms with Gasteiger partial charge in [0.25, 0.3) is 0 Å². The van der Waals surface area contributed by atoms with Gasteiger partial charge in [-0.15, -0.1) is 0 Å². The van der Waals surface area contributed by atoms with E-state index in [1.807, 2.05) is 20.8 Å². The van der Waals surface area contributed by atoms with Gasteiger partial charge < -0.3 is 30.9 Å². The minimum absolute atomic E-state index is 0.0417. The molecule has 0 fully saturated rings. The Hall–Kier alpha value is -3.14. The van der Waals surface area contributed by atoms with E-state index in [9.17, 15) is 29.4 Å². The third-order valence-electron chi connectivity index (χ3n) is 8.09. The maximum absolute atomic E-state index is 13.4. The average molecular weight is 606 g/mol. The highest BCUT2D eigenvalue weighted by molar-refractivity contribution is 5.90. The number of aromatic hydroxyl groups is 1. The molecule has 0 heterocycles. The first-order valence-electron chi connectivity index (χ1n) is 15.9. The number of rotatable bonds is 22. The molecule has 1 aromatic carbocycles. The Balaban J connectivity index is 3.05. The largest absolute Gasteiger partial charge is 0.508 e. The van der Waals surface area contributed by atoms with Crippen LogP contribution in [0.5, 0.6) is 5.75 Å². The molecule has 0 aliphatic heterocycles. The molecule has 0 aliphatic carbocycles. The van der Waals surface area contributed by atoms with E-state index in [2.05, 4.69) is 22.9 Å². The summed E-state index contributed by atoms with van der Waals surface area (Å²) in [6.07, 6.45) is 8.89. The van der Waals surface area contributed by atoms with E-state index in [4.69, 9.17) is 4.74 Å². The molecule has 1 aromatic rings. The minimum atomic E-state index is -1.20. The maximum atomic E-state index is 13.4. The topological polar surface area (TPSA) is 154 Å². The average Bonchev–Trinajstić information content (AvgIpc) is 2.97. The van der Waals surface area contributed by atoms with Crippen molar-refractivity contribution < 1.29 is 34.1 Å². The number of aliphatic carboxylic acids is 1. The zero-order valence-corrected chi connectivity index (χ0v) is 27.0. The van der Waals surface area contributed by atoms with E-state index < -0.39 is 48.0 Å². The molecule has 0 radical (unpaired) electrons. The van der Waals surface area contributed by atoms with Crippen molar-refractivity contribution >= 4 is 23.8 Å². The van der Waals surface area contributed by atoms with E-state index >= 15 is 0 Å². The fourth-order valence-electron chi connectivity index (χ4n) is 4.95. The van der Waals surface area contributed by atoms with Crippen LogP contribution in [0.4, 0.5) is 0 Å². The number of hydrogen-bond acceptors (Lipinski definition) is 7. The number of carbonyl (C=O) groups is 4. The van der Waals surface area contributed by atoms with Gasteiger partial charge in [0.15, 0.2) is 0 Å². The molecule has 6 atom stereocenters. The number of ether oxygens (including phenoxy) is 1. The third-order valence-corrected chi connectivity index (χ3v) is 8.09. The molecule has 0 bridgehead atoms. The molecule has 10 nitrogen and oxygen atoms in total. The van der Waals surface area contributed by atoms with E-state index in [1.54, 1.807) is 19.2 Å². The Kier molecular flexibility index (Phi) is 18.2. The minimum Gasteiger partial charge on any atom is -0.508 e. The Morgan fingerprint density at radius 2 is 1.47 bits per heavy atom. The summed E-state index contributed by atoms with van der Waals surface area (Å²) in [5, 5.41) is 27.1. The maximum Gasteiger partial charge on any atom is 0.325 e. The molecule has 10 heteroatoms. The second kappa shape index (κ2) is 20.7. The molecular weight excluding hydrogens is 550 g/mol. The van der Waals surface area contributed by atoms with Crippen LogP contribution in [0.3, 0.4) is 0 Å². The highest BCUT2D eigenvalue weighted by Gasteiger charge is 2.32. The summed E-state index contributed by atoms with van der Waals surface area (Å²) >= 11 is 0. The number of unbranched alkanes of at least 4 members (excludes halogenated alkanes) is 6. The number of carboxylic acids is 1. The van der Waals surface area contributed by atoms with Crippen molar-refractivity contribution in [1.82, 2.24) is 16.0 Å². The van der Waals surface area contributed by atoms with Crippen LogP contribution in [-0.2, 0) is 30.3 Å². The van der Waals surface area contributed by atoms with Gasteiger partial charge in [0.1, 0.15) is 30.0 Å². The predicted molar refractivity (Wildman–Crippen MR) is 168 cm³/mol. The highest BCUT2D eigenvalue weighted by atomic mass is 16.5. The molecule has 2 amide bonds. The number of benzene rings is 1. The SMILES string of the molecule is CCCCCCCCC[C@H](C)[C@H](CC(=O)N[C@@H](Cc1ccc(O)cc1)C(=O)N[C@@H](C)C(=O)O)OC(=O)[C@H](NC)[C@@H](C)CC. The van der Waals surface area contributed by atoms with Gasteiger partial charge in [0, 0.05) is 6.42 Å². The fraction of sp³-hybridized carbons (Fsp3) is 0.697. The molecule has 0 saturated heterocycles. The van der Waals surface area contributed by atoms with Crippen LogP contribution in [0.2, 0.25) is 0 Å². The molecule has 0 aromatic heterocycles. The van der Waals surface area contributed by atoms with E-state index in [-0.39, 0.29) is 30.4 Å². The van der Waals surface area contributed by atoms with Crippen LogP contribution in [0.25, 0.3) is 0 Å². The number of likely N-dealkylation sites (N-methyl/N-ethyl adjacent to an activating group) is 1. The molecular formula is C33H55N3O7. The normalized spacial score (nSPS) is 15.4. The van der Waals surface area contributed by atoms with Crippen molar-refractivity contribution in [3.63, 3.8) is 0 Å². The first kappa shape index (κ1) is 37.9. The van der Waals surface area contributed by atoms with E-state index in [1.165, 1.54) is 44.7 Å². The summed E-state index contributed by atoms with van der Waals surface area (Å²) in [6, 6.07) is 3.48. The molecule has 244 valence electrons. The number of carboxylic acid groups (broad SMARTS) is 1. The fourth-order valence-corrected chi connectivity index (χ4v) is 4.95. The van der Waals surface area contributed by atoms with Crippen LogP contribution in [0.1, 0.15) is 104 Å². The lowest BCUT2D eigenvalue weighted by Crippen LogP contribution is -2.52. The van der Waals surface area contributed by atoms with Crippen molar-refractivity contribution in [3.05, 3.63) is 29.8 Å².